The third kappa shape index (κ3) is 7.27. The molecule has 2 aromatic rings. The number of hydrogen-bond acceptors (Lipinski definition) is 5. The van der Waals surface area contributed by atoms with Crippen molar-refractivity contribution in [3.05, 3.63) is 47.5 Å². The molecule has 0 bridgehead atoms. The van der Waals surface area contributed by atoms with E-state index in [0.717, 1.165) is 37.5 Å². The van der Waals surface area contributed by atoms with Gasteiger partial charge in [-0.25, -0.2) is 4.99 Å². The summed E-state index contributed by atoms with van der Waals surface area (Å²) in [5, 5.41) is 6.71. The fourth-order valence-corrected chi connectivity index (χ4v) is 3.20. The summed E-state index contributed by atoms with van der Waals surface area (Å²) in [7, 11) is 8.94. The van der Waals surface area contributed by atoms with Gasteiger partial charge < -0.3 is 29.7 Å². The highest BCUT2D eigenvalue weighted by atomic mass is 16.5. The number of nitrogens with zero attached hydrogens (tertiary/aromatic N) is 2. The van der Waals surface area contributed by atoms with E-state index in [1.54, 1.807) is 21.3 Å². The number of hydrogen-bond donors (Lipinski definition) is 2. The fourth-order valence-electron chi connectivity index (χ4n) is 3.20. The van der Waals surface area contributed by atoms with E-state index in [4.69, 9.17) is 19.2 Å². The van der Waals surface area contributed by atoms with Crippen LogP contribution in [0.2, 0.25) is 0 Å². The molecule has 0 radical (unpaired) electrons. The lowest BCUT2D eigenvalue weighted by Crippen LogP contribution is -2.37. The zero-order valence-corrected chi connectivity index (χ0v) is 19.6. The molecule has 0 aromatic heterocycles. The lowest BCUT2D eigenvalue weighted by atomic mass is 10.1. The van der Waals surface area contributed by atoms with E-state index in [2.05, 4.69) is 60.8 Å². The van der Waals surface area contributed by atoms with Gasteiger partial charge in [-0.05, 0) is 55.2 Å². The van der Waals surface area contributed by atoms with Gasteiger partial charge in [-0.1, -0.05) is 12.1 Å². The van der Waals surface area contributed by atoms with Gasteiger partial charge in [0.05, 0.1) is 27.9 Å². The molecule has 7 nitrogen and oxygen atoms in total. The number of anilines is 1. The minimum absolute atomic E-state index is 0.498. The molecule has 0 saturated heterocycles. The largest absolute Gasteiger partial charge is 0.493 e. The predicted octanol–water partition coefficient (Wildman–Crippen LogP) is 3.47. The Kier molecular flexibility index (Phi) is 9.81. The Bertz CT molecular complexity index is 810. The molecule has 0 heterocycles. The van der Waals surface area contributed by atoms with E-state index in [0.29, 0.717) is 23.8 Å². The number of benzene rings is 2. The van der Waals surface area contributed by atoms with Gasteiger partial charge in [0.2, 0.25) is 5.75 Å². The minimum Gasteiger partial charge on any atom is -0.493 e. The molecule has 0 aliphatic carbocycles. The molecule has 0 aliphatic heterocycles. The van der Waals surface area contributed by atoms with Crippen LogP contribution in [0.3, 0.4) is 0 Å². The van der Waals surface area contributed by atoms with Crippen LogP contribution in [-0.2, 0) is 13.0 Å². The number of methoxy groups -OCH3 is 3. The fraction of sp³-hybridized carbons (Fsp3) is 0.458. The summed E-state index contributed by atoms with van der Waals surface area (Å²) in [5.74, 6) is 2.64. The molecule has 0 atom stereocenters. The predicted molar refractivity (Wildman–Crippen MR) is 128 cm³/mol. The zero-order valence-electron chi connectivity index (χ0n) is 19.6. The molecule has 170 valence electrons. The van der Waals surface area contributed by atoms with E-state index in [9.17, 15) is 0 Å². The molecule has 0 amide bonds. The Morgan fingerprint density at radius 3 is 2.06 bits per heavy atom. The molecule has 2 N–H and O–H groups in total. The van der Waals surface area contributed by atoms with Gasteiger partial charge in [-0.15, -0.1) is 0 Å². The molecular weight excluding hydrogens is 392 g/mol. The SMILES string of the molecule is CCNC(=NCc1cc(OC)c(OC)c(OC)c1)NCCCc1ccc(N(C)C)cc1. The Labute approximate surface area is 186 Å². The minimum atomic E-state index is 0.498. The first-order valence-corrected chi connectivity index (χ1v) is 10.6. The summed E-state index contributed by atoms with van der Waals surface area (Å²) in [6.45, 7) is 4.20. The smallest absolute Gasteiger partial charge is 0.203 e. The molecule has 7 heteroatoms. The van der Waals surface area contributed by atoms with Crippen molar-refractivity contribution in [2.24, 2.45) is 4.99 Å². The first-order chi connectivity index (χ1) is 15.0. The van der Waals surface area contributed by atoms with Gasteiger partial charge in [-0.3, -0.25) is 0 Å². The Morgan fingerprint density at radius 1 is 0.903 bits per heavy atom. The summed E-state index contributed by atoms with van der Waals surface area (Å²) < 4.78 is 16.2. The number of aliphatic imine (C=N–C) groups is 1. The van der Waals surface area contributed by atoms with Gasteiger partial charge in [0.25, 0.3) is 0 Å². The van der Waals surface area contributed by atoms with Crippen molar-refractivity contribution in [1.29, 1.82) is 0 Å². The summed E-state index contributed by atoms with van der Waals surface area (Å²) >= 11 is 0. The van der Waals surface area contributed by atoms with Crippen molar-refractivity contribution in [2.75, 3.05) is 53.4 Å². The Balaban J connectivity index is 1.94. The first-order valence-electron chi connectivity index (χ1n) is 10.6. The Hall–Kier alpha value is -3.09. The third-order valence-electron chi connectivity index (χ3n) is 4.88. The molecule has 2 aromatic carbocycles. The average molecular weight is 429 g/mol. The van der Waals surface area contributed by atoms with Crippen LogP contribution in [0.15, 0.2) is 41.4 Å². The van der Waals surface area contributed by atoms with Crippen LogP contribution in [0.4, 0.5) is 5.69 Å². The molecular formula is C24H36N4O3. The quantitative estimate of drug-likeness (QED) is 0.325. The number of guanidine groups is 1. The molecule has 0 fully saturated rings. The van der Waals surface area contributed by atoms with E-state index in [-0.39, 0.29) is 0 Å². The van der Waals surface area contributed by atoms with Crippen LogP contribution >= 0.6 is 0 Å². The lowest BCUT2D eigenvalue weighted by molar-refractivity contribution is 0.324. The van der Waals surface area contributed by atoms with Gasteiger partial charge in [-0.2, -0.15) is 0 Å². The van der Waals surface area contributed by atoms with Crippen LogP contribution in [0, 0.1) is 0 Å². The Morgan fingerprint density at radius 2 is 1.55 bits per heavy atom. The van der Waals surface area contributed by atoms with Crippen LogP contribution in [-0.4, -0.2) is 54.5 Å². The van der Waals surface area contributed by atoms with Crippen molar-refractivity contribution in [3.63, 3.8) is 0 Å². The van der Waals surface area contributed by atoms with Crippen molar-refractivity contribution >= 4 is 11.6 Å². The van der Waals surface area contributed by atoms with Gasteiger partial charge >= 0.3 is 0 Å². The van der Waals surface area contributed by atoms with Crippen LogP contribution in [0.25, 0.3) is 0 Å². The number of nitrogens with one attached hydrogen (secondary N) is 2. The summed E-state index contributed by atoms with van der Waals surface area (Å²) in [5.41, 5.74) is 3.54. The second-order valence-corrected chi connectivity index (χ2v) is 7.32. The third-order valence-corrected chi connectivity index (χ3v) is 4.88. The van der Waals surface area contributed by atoms with Crippen molar-refractivity contribution in [2.45, 2.75) is 26.3 Å². The van der Waals surface area contributed by atoms with Crippen LogP contribution in [0.5, 0.6) is 17.2 Å². The molecule has 31 heavy (non-hydrogen) atoms. The standard InChI is InChI=1S/C24H36N4O3/c1-7-25-24(26-14-8-9-18-10-12-20(13-11-18)28(2)3)27-17-19-15-21(29-4)23(31-6)22(16-19)30-5/h10-13,15-16H,7-9,14,17H2,1-6H3,(H2,25,26,27). The summed E-state index contributed by atoms with van der Waals surface area (Å²) in [6, 6.07) is 12.5. The maximum Gasteiger partial charge on any atom is 0.203 e. The second kappa shape index (κ2) is 12.6. The normalized spacial score (nSPS) is 11.1. The number of ether oxygens (including phenoxy) is 3. The monoisotopic (exact) mass is 428 g/mol. The molecule has 0 aliphatic rings. The topological polar surface area (TPSA) is 67.4 Å². The maximum absolute atomic E-state index is 5.43. The highest BCUT2D eigenvalue weighted by molar-refractivity contribution is 5.79. The van der Waals surface area contributed by atoms with E-state index < -0.39 is 0 Å². The highest BCUT2D eigenvalue weighted by Crippen LogP contribution is 2.38. The van der Waals surface area contributed by atoms with E-state index in [1.807, 2.05) is 12.1 Å². The van der Waals surface area contributed by atoms with Crippen molar-refractivity contribution in [3.8, 4) is 17.2 Å². The van der Waals surface area contributed by atoms with Gasteiger partial charge in [0.1, 0.15) is 0 Å². The number of aryl methyl sites for hydroxylation is 1. The second-order valence-electron chi connectivity index (χ2n) is 7.32. The molecule has 2 rings (SSSR count). The zero-order chi connectivity index (χ0) is 22.6. The van der Waals surface area contributed by atoms with E-state index >= 15 is 0 Å². The maximum atomic E-state index is 5.43. The first kappa shape index (κ1) is 24.2. The molecule has 0 spiro atoms. The van der Waals surface area contributed by atoms with Crippen molar-refractivity contribution in [1.82, 2.24) is 10.6 Å². The average Bonchev–Trinajstić information content (AvgIpc) is 2.79. The van der Waals surface area contributed by atoms with Gasteiger partial charge in [0, 0.05) is 32.9 Å². The summed E-state index contributed by atoms with van der Waals surface area (Å²) in [6.07, 6.45) is 2.04. The van der Waals surface area contributed by atoms with Crippen LogP contribution in [0.1, 0.15) is 24.5 Å². The van der Waals surface area contributed by atoms with E-state index in [1.165, 1.54) is 11.3 Å². The van der Waals surface area contributed by atoms with Gasteiger partial charge in [0.15, 0.2) is 17.5 Å². The highest BCUT2D eigenvalue weighted by Gasteiger charge is 2.13. The lowest BCUT2D eigenvalue weighted by Gasteiger charge is -2.15. The molecule has 0 unspecified atom stereocenters. The number of rotatable bonds is 11. The van der Waals surface area contributed by atoms with Crippen molar-refractivity contribution < 1.29 is 14.2 Å². The van der Waals surface area contributed by atoms with Crippen LogP contribution < -0.4 is 29.7 Å². The summed E-state index contributed by atoms with van der Waals surface area (Å²) in [4.78, 5) is 6.81. The molecule has 0 saturated carbocycles.